The lowest BCUT2D eigenvalue weighted by molar-refractivity contribution is 0.112. The molecule has 0 radical (unpaired) electrons. The van der Waals surface area contributed by atoms with Gasteiger partial charge >= 0.3 is 0 Å². The Morgan fingerprint density at radius 2 is 1.74 bits per heavy atom. The Kier molecular flexibility index (Phi) is 9.03. The Hall–Kier alpha value is -1.90. The summed E-state index contributed by atoms with van der Waals surface area (Å²) in [5.41, 5.74) is 0.713. The molecule has 0 saturated heterocycles. The van der Waals surface area contributed by atoms with E-state index < -0.39 is 5.82 Å². The van der Waals surface area contributed by atoms with Crippen molar-refractivity contribution in [3.63, 3.8) is 0 Å². The summed E-state index contributed by atoms with van der Waals surface area (Å²) < 4.78 is 36.1. The van der Waals surface area contributed by atoms with Crippen molar-refractivity contribution in [3.8, 4) is 5.75 Å². The molecule has 2 saturated carbocycles. The maximum atomic E-state index is 15.6. The fraction of sp³-hybridized carbons (Fsp3) is 0.613. The van der Waals surface area contributed by atoms with Gasteiger partial charge in [0.25, 0.3) is 0 Å². The second-order valence-electron chi connectivity index (χ2n) is 10.8. The summed E-state index contributed by atoms with van der Waals surface area (Å²) in [6.45, 7) is 4.57. The van der Waals surface area contributed by atoms with E-state index in [9.17, 15) is 4.39 Å². The number of unbranched alkanes of at least 4 members (excludes halogenated alkanes) is 4. The summed E-state index contributed by atoms with van der Waals surface area (Å²) in [6.07, 6.45) is 19.3. The van der Waals surface area contributed by atoms with E-state index in [-0.39, 0.29) is 17.1 Å². The van der Waals surface area contributed by atoms with Crippen molar-refractivity contribution in [3.05, 3.63) is 53.6 Å². The standard InChI is InChI=1S/C31H42F2O/c1-3-5-7-8-9-10-22-11-12-24-19-25(14-13-23(24)18-22)28-16-15-26-20-27(34-17-6-4-2)21-29(32)30(26)31(28)33/h4,6,15-16,20-25H,3,5,7-14,17-19H2,1-2H3. The number of hydrogen-bond acceptors (Lipinski definition) is 1. The van der Waals surface area contributed by atoms with Gasteiger partial charge in [-0.25, -0.2) is 8.78 Å². The predicted molar refractivity (Wildman–Crippen MR) is 138 cm³/mol. The zero-order valence-corrected chi connectivity index (χ0v) is 21.1. The Bertz CT molecular complexity index is 966. The fourth-order valence-corrected chi connectivity index (χ4v) is 6.57. The lowest BCUT2D eigenvalue weighted by Crippen LogP contribution is -2.30. The molecule has 4 atom stereocenters. The van der Waals surface area contributed by atoms with Crippen LogP contribution in [0.5, 0.6) is 5.75 Å². The van der Waals surface area contributed by atoms with Gasteiger partial charge in [-0.15, -0.1) is 0 Å². The first-order chi connectivity index (χ1) is 16.6. The van der Waals surface area contributed by atoms with Gasteiger partial charge in [0, 0.05) is 6.07 Å². The molecule has 0 amide bonds. The van der Waals surface area contributed by atoms with Crippen LogP contribution in [0.2, 0.25) is 0 Å². The molecule has 2 aliphatic carbocycles. The molecular formula is C31H42F2O. The highest BCUT2D eigenvalue weighted by Crippen LogP contribution is 2.49. The van der Waals surface area contributed by atoms with Crippen LogP contribution in [0.15, 0.2) is 36.4 Å². The minimum atomic E-state index is -0.527. The number of allylic oxidation sites excluding steroid dienone is 1. The number of ether oxygens (including phenoxy) is 1. The van der Waals surface area contributed by atoms with Crippen molar-refractivity contribution in [1.82, 2.24) is 0 Å². The van der Waals surface area contributed by atoms with Crippen molar-refractivity contribution >= 4 is 10.8 Å². The van der Waals surface area contributed by atoms with Crippen LogP contribution in [0.1, 0.15) is 102 Å². The highest BCUT2D eigenvalue weighted by atomic mass is 19.1. The van der Waals surface area contributed by atoms with Gasteiger partial charge in [-0.05, 0) is 79.7 Å². The molecule has 2 aliphatic rings. The fourth-order valence-electron chi connectivity index (χ4n) is 6.57. The molecule has 1 nitrogen and oxygen atoms in total. The zero-order valence-electron chi connectivity index (χ0n) is 21.1. The molecule has 0 aliphatic heterocycles. The van der Waals surface area contributed by atoms with Crippen LogP contribution in [0.25, 0.3) is 10.8 Å². The third-order valence-corrected chi connectivity index (χ3v) is 8.47. The van der Waals surface area contributed by atoms with Crippen molar-refractivity contribution in [1.29, 1.82) is 0 Å². The van der Waals surface area contributed by atoms with E-state index in [1.807, 2.05) is 31.2 Å². The highest BCUT2D eigenvalue weighted by molar-refractivity contribution is 5.86. The summed E-state index contributed by atoms with van der Waals surface area (Å²) in [6, 6.07) is 6.84. The normalized spacial score (nSPS) is 25.1. The molecule has 0 aromatic heterocycles. The van der Waals surface area contributed by atoms with Gasteiger partial charge in [0.15, 0.2) is 0 Å². The molecule has 2 aromatic carbocycles. The van der Waals surface area contributed by atoms with Crippen LogP contribution >= 0.6 is 0 Å². The first-order valence-electron chi connectivity index (χ1n) is 13.8. The van der Waals surface area contributed by atoms with Crippen molar-refractivity contribution in [2.45, 2.75) is 96.8 Å². The lowest BCUT2D eigenvalue weighted by Gasteiger charge is -2.42. The van der Waals surface area contributed by atoms with Crippen LogP contribution in [0, 0.1) is 29.4 Å². The molecule has 186 valence electrons. The summed E-state index contributed by atoms with van der Waals surface area (Å²) >= 11 is 0. The van der Waals surface area contributed by atoms with E-state index in [1.54, 1.807) is 6.07 Å². The smallest absolute Gasteiger partial charge is 0.137 e. The number of halogens is 2. The number of rotatable bonds is 10. The van der Waals surface area contributed by atoms with Gasteiger partial charge in [0.05, 0.1) is 5.39 Å². The first kappa shape index (κ1) is 25.2. The van der Waals surface area contributed by atoms with Crippen LogP contribution in [-0.2, 0) is 0 Å². The summed E-state index contributed by atoms with van der Waals surface area (Å²) in [5, 5.41) is 0.689. The summed E-state index contributed by atoms with van der Waals surface area (Å²) in [4.78, 5) is 0. The molecule has 0 heterocycles. The van der Waals surface area contributed by atoms with Crippen LogP contribution in [0.4, 0.5) is 8.78 Å². The van der Waals surface area contributed by atoms with E-state index in [2.05, 4.69) is 6.92 Å². The molecule has 4 unspecified atom stereocenters. The van der Waals surface area contributed by atoms with Gasteiger partial charge in [0.1, 0.15) is 24.0 Å². The Balaban J connectivity index is 1.38. The van der Waals surface area contributed by atoms with Gasteiger partial charge < -0.3 is 4.74 Å². The van der Waals surface area contributed by atoms with Crippen molar-refractivity contribution < 1.29 is 13.5 Å². The third-order valence-electron chi connectivity index (χ3n) is 8.47. The molecule has 4 rings (SSSR count). The zero-order chi connectivity index (χ0) is 23.9. The number of hydrogen-bond donors (Lipinski definition) is 0. The lowest BCUT2D eigenvalue weighted by atomic mass is 9.63. The average Bonchev–Trinajstić information content (AvgIpc) is 2.84. The van der Waals surface area contributed by atoms with E-state index in [0.29, 0.717) is 29.2 Å². The highest BCUT2D eigenvalue weighted by Gasteiger charge is 2.36. The van der Waals surface area contributed by atoms with Crippen LogP contribution in [0.3, 0.4) is 0 Å². The van der Waals surface area contributed by atoms with E-state index >= 15 is 4.39 Å². The molecule has 2 aromatic rings. The molecule has 34 heavy (non-hydrogen) atoms. The Morgan fingerprint density at radius 3 is 2.56 bits per heavy atom. The molecule has 0 bridgehead atoms. The van der Waals surface area contributed by atoms with Crippen LogP contribution < -0.4 is 4.74 Å². The van der Waals surface area contributed by atoms with Gasteiger partial charge in [-0.3, -0.25) is 0 Å². The number of benzene rings is 2. The van der Waals surface area contributed by atoms with Crippen molar-refractivity contribution in [2.24, 2.45) is 17.8 Å². The van der Waals surface area contributed by atoms with E-state index in [0.717, 1.165) is 24.7 Å². The van der Waals surface area contributed by atoms with Crippen LogP contribution in [-0.4, -0.2) is 6.61 Å². The quantitative estimate of drug-likeness (QED) is 0.249. The Labute approximate surface area is 205 Å². The minimum absolute atomic E-state index is 0.116. The average molecular weight is 469 g/mol. The maximum Gasteiger partial charge on any atom is 0.137 e. The summed E-state index contributed by atoms with van der Waals surface area (Å²) in [7, 11) is 0. The summed E-state index contributed by atoms with van der Waals surface area (Å²) in [5.74, 6) is 2.18. The Morgan fingerprint density at radius 1 is 0.941 bits per heavy atom. The third kappa shape index (κ3) is 6.01. The molecule has 0 N–H and O–H groups in total. The molecule has 2 fully saturated rings. The van der Waals surface area contributed by atoms with E-state index in [4.69, 9.17) is 4.74 Å². The SMILES string of the molecule is CC=CCOc1cc(F)c2c(F)c(C3CCC4CC(CCCCCCC)CCC4C3)ccc2c1. The van der Waals surface area contributed by atoms with Gasteiger partial charge in [-0.2, -0.15) is 0 Å². The van der Waals surface area contributed by atoms with Gasteiger partial charge in [0.2, 0.25) is 0 Å². The second kappa shape index (κ2) is 12.2. The largest absolute Gasteiger partial charge is 0.489 e. The maximum absolute atomic E-state index is 15.6. The second-order valence-corrected chi connectivity index (χ2v) is 10.8. The van der Waals surface area contributed by atoms with Crippen molar-refractivity contribution in [2.75, 3.05) is 6.61 Å². The molecule has 0 spiro atoms. The predicted octanol–water partition coefficient (Wildman–Crippen LogP) is 9.73. The minimum Gasteiger partial charge on any atom is -0.489 e. The monoisotopic (exact) mass is 468 g/mol. The number of fused-ring (bicyclic) bond motifs is 2. The molecule has 3 heteroatoms. The topological polar surface area (TPSA) is 9.23 Å². The molecular weight excluding hydrogens is 426 g/mol. The van der Waals surface area contributed by atoms with Gasteiger partial charge in [-0.1, -0.05) is 76.2 Å². The first-order valence-corrected chi connectivity index (χ1v) is 13.8. The van der Waals surface area contributed by atoms with E-state index in [1.165, 1.54) is 70.3 Å².